The van der Waals surface area contributed by atoms with E-state index in [1.54, 1.807) is 60.7 Å². The summed E-state index contributed by atoms with van der Waals surface area (Å²) in [6.45, 7) is 1.88. The molecule has 0 aliphatic rings. The fraction of sp³-hybridized carbons (Fsp3) is 0.0455. The molecule has 0 unspecified atom stereocenters. The Kier molecular flexibility index (Phi) is 5.26. The molecule has 0 aliphatic carbocycles. The number of sulfonamides is 1. The summed E-state index contributed by atoms with van der Waals surface area (Å²) >= 11 is 0. The normalized spacial score (nSPS) is 11.3. The standard InChI is InChI=1S/C22H17N3O5S/c1-14-5-11-19(12-6-14)31(28,29)25-18-4-2-3-17(13-18)21-24-23-20(30-21)15-7-9-16(10-8-15)22(26)27/h2-13,25H,1H3,(H,26,27). The molecule has 0 amide bonds. The number of hydrogen-bond acceptors (Lipinski definition) is 6. The molecule has 2 N–H and O–H groups in total. The second kappa shape index (κ2) is 8.04. The van der Waals surface area contributed by atoms with Crippen molar-refractivity contribution in [3.63, 3.8) is 0 Å². The number of anilines is 1. The number of aromatic nitrogens is 2. The van der Waals surface area contributed by atoms with Crippen molar-refractivity contribution in [2.45, 2.75) is 11.8 Å². The second-order valence-electron chi connectivity index (χ2n) is 6.79. The molecule has 8 nitrogen and oxygen atoms in total. The SMILES string of the molecule is Cc1ccc(S(=O)(=O)Nc2cccc(-c3nnc(-c4ccc(C(=O)O)cc4)o3)c2)cc1. The van der Waals surface area contributed by atoms with E-state index in [9.17, 15) is 13.2 Å². The number of hydrogen-bond donors (Lipinski definition) is 2. The van der Waals surface area contributed by atoms with Crippen molar-refractivity contribution in [2.24, 2.45) is 0 Å². The summed E-state index contributed by atoms with van der Waals surface area (Å²) in [5, 5.41) is 17.0. The number of nitrogens with one attached hydrogen (secondary N) is 1. The third-order valence-electron chi connectivity index (χ3n) is 4.50. The number of aryl methyl sites for hydroxylation is 1. The lowest BCUT2D eigenvalue weighted by molar-refractivity contribution is 0.0697. The summed E-state index contributed by atoms with van der Waals surface area (Å²) in [4.78, 5) is 11.1. The van der Waals surface area contributed by atoms with Crippen molar-refractivity contribution >= 4 is 21.7 Å². The summed E-state index contributed by atoms with van der Waals surface area (Å²) in [5.74, 6) is -0.603. The number of carboxylic acids is 1. The first-order valence-electron chi connectivity index (χ1n) is 9.19. The Morgan fingerprint density at radius 1 is 0.903 bits per heavy atom. The first kappa shape index (κ1) is 20.3. The monoisotopic (exact) mass is 435 g/mol. The van der Waals surface area contributed by atoms with Crippen molar-refractivity contribution < 1.29 is 22.7 Å². The highest BCUT2D eigenvalue weighted by atomic mass is 32.2. The van der Waals surface area contributed by atoms with Crippen LogP contribution in [0.1, 0.15) is 15.9 Å². The van der Waals surface area contributed by atoms with Gasteiger partial charge in [0, 0.05) is 16.8 Å². The Balaban J connectivity index is 1.57. The first-order chi connectivity index (χ1) is 14.8. The molecule has 31 heavy (non-hydrogen) atoms. The summed E-state index contributed by atoms with van der Waals surface area (Å²) in [6.07, 6.45) is 0. The van der Waals surface area contributed by atoms with E-state index in [1.807, 2.05) is 6.92 Å². The van der Waals surface area contributed by atoms with E-state index in [4.69, 9.17) is 9.52 Å². The fourth-order valence-corrected chi connectivity index (χ4v) is 3.91. The van der Waals surface area contributed by atoms with Crippen LogP contribution in [0.4, 0.5) is 5.69 Å². The van der Waals surface area contributed by atoms with Crippen LogP contribution in [0.5, 0.6) is 0 Å². The maximum absolute atomic E-state index is 12.6. The van der Waals surface area contributed by atoms with Crippen LogP contribution >= 0.6 is 0 Å². The van der Waals surface area contributed by atoms with E-state index in [2.05, 4.69) is 14.9 Å². The van der Waals surface area contributed by atoms with Crippen LogP contribution in [0.25, 0.3) is 22.9 Å². The third kappa shape index (κ3) is 4.46. The summed E-state index contributed by atoms with van der Waals surface area (Å²) in [5.41, 5.74) is 2.57. The Morgan fingerprint density at radius 2 is 1.55 bits per heavy atom. The largest absolute Gasteiger partial charge is 0.478 e. The van der Waals surface area contributed by atoms with Crippen molar-refractivity contribution in [3.8, 4) is 22.9 Å². The van der Waals surface area contributed by atoms with Gasteiger partial charge in [0.25, 0.3) is 10.0 Å². The molecule has 9 heteroatoms. The van der Waals surface area contributed by atoms with Gasteiger partial charge in [0.15, 0.2) is 0 Å². The van der Waals surface area contributed by atoms with Gasteiger partial charge in [-0.2, -0.15) is 0 Å². The Labute approximate surface area is 178 Å². The highest BCUT2D eigenvalue weighted by molar-refractivity contribution is 7.92. The molecule has 3 aromatic carbocycles. The molecule has 0 atom stereocenters. The van der Waals surface area contributed by atoms with Gasteiger partial charge in [-0.25, -0.2) is 13.2 Å². The van der Waals surface area contributed by atoms with E-state index in [-0.39, 0.29) is 22.2 Å². The zero-order valence-corrected chi connectivity index (χ0v) is 17.1. The van der Waals surface area contributed by atoms with Crippen LogP contribution in [0.3, 0.4) is 0 Å². The van der Waals surface area contributed by atoms with E-state index >= 15 is 0 Å². The van der Waals surface area contributed by atoms with Crippen LogP contribution in [0.15, 0.2) is 82.1 Å². The number of carboxylic acid groups (broad SMARTS) is 1. The third-order valence-corrected chi connectivity index (χ3v) is 5.89. The Bertz CT molecular complexity index is 1340. The maximum atomic E-state index is 12.6. The number of aromatic carboxylic acids is 1. The predicted octanol–water partition coefficient (Wildman–Crippen LogP) is 4.21. The summed E-state index contributed by atoms with van der Waals surface area (Å²) in [7, 11) is -3.74. The Morgan fingerprint density at radius 3 is 2.19 bits per heavy atom. The van der Waals surface area contributed by atoms with E-state index < -0.39 is 16.0 Å². The Hall–Kier alpha value is -3.98. The van der Waals surface area contributed by atoms with Gasteiger partial charge in [0.1, 0.15) is 0 Å². The van der Waals surface area contributed by atoms with Gasteiger partial charge in [-0.3, -0.25) is 4.72 Å². The molecule has 156 valence electrons. The lowest BCUT2D eigenvalue weighted by Crippen LogP contribution is -2.12. The van der Waals surface area contributed by atoms with Crippen molar-refractivity contribution in [1.82, 2.24) is 10.2 Å². The molecule has 0 aliphatic heterocycles. The summed E-state index contributed by atoms with van der Waals surface area (Å²) < 4.78 is 33.5. The lowest BCUT2D eigenvalue weighted by atomic mass is 10.1. The molecule has 4 aromatic rings. The molecule has 0 radical (unpaired) electrons. The first-order valence-corrected chi connectivity index (χ1v) is 10.7. The highest BCUT2D eigenvalue weighted by Crippen LogP contribution is 2.27. The van der Waals surface area contributed by atoms with Gasteiger partial charge >= 0.3 is 5.97 Å². The zero-order valence-electron chi connectivity index (χ0n) is 16.3. The predicted molar refractivity (Wildman–Crippen MR) is 114 cm³/mol. The van der Waals surface area contributed by atoms with E-state index in [0.717, 1.165) is 5.56 Å². The quantitative estimate of drug-likeness (QED) is 0.465. The molecule has 1 aromatic heterocycles. The van der Waals surface area contributed by atoms with Gasteiger partial charge in [-0.15, -0.1) is 10.2 Å². The number of carbonyl (C=O) groups is 1. The zero-order chi connectivity index (χ0) is 22.0. The molecule has 0 saturated heterocycles. The van der Waals surface area contributed by atoms with Crippen LogP contribution in [-0.2, 0) is 10.0 Å². The molecule has 0 fully saturated rings. The molecule has 0 bridgehead atoms. The van der Waals surface area contributed by atoms with Gasteiger partial charge in [-0.05, 0) is 61.5 Å². The van der Waals surface area contributed by atoms with Crippen LogP contribution in [0, 0.1) is 6.92 Å². The molecule has 0 saturated carbocycles. The van der Waals surface area contributed by atoms with Crippen LogP contribution in [-0.4, -0.2) is 29.7 Å². The lowest BCUT2D eigenvalue weighted by Gasteiger charge is -2.09. The minimum atomic E-state index is -3.74. The summed E-state index contributed by atoms with van der Waals surface area (Å²) in [6, 6.07) is 19.2. The molecular formula is C22H17N3O5S. The average Bonchev–Trinajstić information content (AvgIpc) is 3.24. The fourth-order valence-electron chi connectivity index (χ4n) is 2.86. The minimum absolute atomic E-state index is 0.150. The van der Waals surface area contributed by atoms with E-state index in [1.165, 1.54) is 12.1 Å². The number of nitrogens with zero attached hydrogens (tertiary/aromatic N) is 2. The van der Waals surface area contributed by atoms with Crippen molar-refractivity contribution in [2.75, 3.05) is 4.72 Å². The van der Waals surface area contributed by atoms with Crippen LogP contribution < -0.4 is 4.72 Å². The minimum Gasteiger partial charge on any atom is -0.478 e. The highest BCUT2D eigenvalue weighted by Gasteiger charge is 2.16. The van der Waals surface area contributed by atoms with Crippen molar-refractivity contribution in [3.05, 3.63) is 83.9 Å². The second-order valence-corrected chi connectivity index (χ2v) is 8.48. The number of rotatable bonds is 6. The van der Waals surface area contributed by atoms with Gasteiger partial charge in [-0.1, -0.05) is 23.8 Å². The molecule has 4 rings (SSSR count). The topological polar surface area (TPSA) is 122 Å². The molecular weight excluding hydrogens is 418 g/mol. The van der Waals surface area contributed by atoms with Crippen LogP contribution in [0.2, 0.25) is 0 Å². The van der Waals surface area contributed by atoms with Crippen molar-refractivity contribution in [1.29, 1.82) is 0 Å². The molecule has 1 heterocycles. The molecule has 0 spiro atoms. The maximum Gasteiger partial charge on any atom is 0.335 e. The number of benzene rings is 3. The smallest absolute Gasteiger partial charge is 0.335 e. The van der Waals surface area contributed by atoms with Gasteiger partial charge in [0.05, 0.1) is 10.5 Å². The van der Waals surface area contributed by atoms with E-state index in [0.29, 0.717) is 16.8 Å². The van der Waals surface area contributed by atoms with Gasteiger partial charge in [0.2, 0.25) is 11.8 Å². The average molecular weight is 435 g/mol. The van der Waals surface area contributed by atoms with Gasteiger partial charge < -0.3 is 9.52 Å².